The third-order valence-corrected chi connectivity index (χ3v) is 8.18. The minimum Gasteiger partial charge on any atom is -0.493 e. The van der Waals surface area contributed by atoms with Crippen molar-refractivity contribution in [1.82, 2.24) is 0 Å². The highest BCUT2D eigenvalue weighted by Crippen LogP contribution is 2.44. The van der Waals surface area contributed by atoms with Gasteiger partial charge in [-0.15, -0.1) is 0 Å². The Morgan fingerprint density at radius 2 is 1.76 bits per heavy atom. The van der Waals surface area contributed by atoms with Gasteiger partial charge in [0.2, 0.25) is 0 Å². The number of hydrazone groups is 1. The van der Waals surface area contributed by atoms with Gasteiger partial charge in [0.05, 0.1) is 28.6 Å². The topological polar surface area (TPSA) is 51.1 Å². The third kappa shape index (κ3) is 5.10. The number of amides is 1. The van der Waals surface area contributed by atoms with Gasteiger partial charge in [0.1, 0.15) is 6.61 Å². The molecule has 5 nitrogen and oxygen atoms in total. The van der Waals surface area contributed by atoms with Crippen LogP contribution in [-0.4, -0.2) is 18.7 Å². The van der Waals surface area contributed by atoms with E-state index in [1.54, 1.807) is 13.2 Å². The molecule has 0 atom stereocenters. The minimum absolute atomic E-state index is 0.208. The molecule has 9 heteroatoms. The molecule has 0 unspecified atom stereocenters. The maximum atomic E-state index is 13.2. The van der Waals surface area contributed by atoms with E-state index < -0.39 is 0 Å². The number of benzene rings is 3. The zero-order chi connectivity index (χ0) is 24.4. The molecule has 0 saturated carbocycles. The van der Waals surface area contributed by atoms with Gasteiger partial charge in [-0.2, -0.15) is 10.1 Å². The lowest BCUT2D eigenvalue weighted by Crippen LogP contribution is -2.21. The summed E-state index contributed by atoms with van der Waals surface area (Å²) < 4.78 is 14.0. The van der Waals surface area contributed by atoms with Crippen molar-refractivity contribution in [3.8, 4) is 11.5 Å². The van der Waals surface area contributed by atoms with Crippen LogP contribution in [0.15, 0.2) is 78.7 Å². The van der Waals surface area contributed by atoms with Crippen LogP contribution in [0.25, 0.3) is 6.08 Å². The first-order valence-corrected chi connectivity index (χ1v) is 12.8. The van der Waals surface area contributed by atoms with Crippen LogP contribution in [0, 0.1) is 0 Å². The van der Waals surface area contributed by atoms with Crippen LogP contribution in [0.5, 0.6) is 11.5 Å². The second-order valence-electron chi connectivity index (χ2n) is 7.34. The van der Waals surface area contributed by atoms with Crippen molar-refractivity contribution in [2.24, 2.45) is 5.10 Å². The van der Waals surface area contributed by atoms with Gasteiger partial charge < -0.3 is 9.47 Å². The lowest BCUT2D eigenvalue weighted by atomic mass is 10.1. The van der Waals surface area contributed by atoms with Gasteiger partial charge in [0.25, 0.3) is 5.91 Å². The maximum Gasteiger partial charge on any atom is 0.280 e. The molecule has 1 aliphatic heterocycles. The van der Waals surface area contributed by atoms with Crippen molar-refractivity contribution < 1.29 is 14.3 Å². The summed E-state index contributed by atoms with van der Waals surface area (Å²) in [7, 11) is 1.57. The number of hydrogen-bond acceptors (Lipinski definition) is 4. The lowest BCUT2D eigenvalue weighted by Gasteiger charge is -2.16. The van der Waals surface area contributed by atoms with Crippen LogP contribution in [-0.2, 0) is 11.4 Å². The van der Waals surface area contributed by atoms with Gasteiger partial charge in [-0.1, -0.05) is 45.7 Å². The van der Waals surface area contributed by atoms with E-state index in [4.69, 9.17) is 21.1 Å². The number of nitrogens with zero attached hydrogens (tertiary/aromatic N) is 2. The summed E-state index contributed by atoms with van der Waals surface area (Å²) >= 11 is 16.9. The molecule has 174 valence electrons. The fourth-order valence-corrected chi connectivity index (χ4v) is 4.76. The van der Waals surface area contributed by atoms with Gasteiger partial charge >= 0.3 is 0 Å². The van der Waals surface area contributed by atoms with E-state index >= 15 is 0 Å². The van der Waals surface area contributed by atoms with Crippen molar-refractivity contribution >= 4 is 82.8 Å². The van der Waals surface area contributed by atoms with Crippen molar-refractivity contribution in [1.29, 1.82) is 0 Å². The number of carbonyl (C=O) groups is 1. The predicted molar refractivity (Wildman–Crippen MR) is 147 cm³/mol. The molecule has 1 heterocycles. The van der Waals surface area contributed by atoms with Crippen LogP contribution in [0.4, 0.5) is 5.69 Å². The standard InChI is InChI=1S/C25H18Br3ClN2O3/c1-14-19(25(32)31(30-14)18-9-7-17(26)8-10-18)11-16-12-21(33-2)24(23(28)22(16)27)34-13-15-5-3-4-6-20(15)29/h3-12H,13H2,1-2H3. The molecular weight excluding hydrogens is 651 g/mol. The maximum absolute atomic E-state index is 13.2. The van der Waals surface area contributed by atoms with E-state index in [0.717, 1.165) is 20.1 Å². The van der Waals surface area contributed by atoms with Gasteiger partial charge in [-0.25, -0.2) is 0 Å². The Bertz CT molecular complexity index is 1320. The average molecular weight is 670 g/mol. The molecule has 0 spiro atoms. The summed E-state index contributed by atoms with van der Waals surface area (Å²) in [6.45, 7) is 2.08. The van der Waals surface area contributed by atoms with Crippen LogP contribution in [0.1, 0.15) is 18.1 Å². The van der Waals surface area contributed by atoms with Crippen LogP contribution in [0.2, 0.25) is 5.02 Å². The smallest absolute Gasteiger partial charge is 0.280 e. The first-order valence-electron chi connectivity index (χ1n) is 10.1. The number of anilines is 1. The number of halogens is 4. The highest BCUT2D eigenvalue weighted by Gasteiger charge is 2.29. The number of rotatable bonds is 6. The van der Waals surface area contributed by atoms with E-state index in [9.17, 15) is 4.79 Å². The largest absolute Gasteiger partial charge is 0.493 e. The fraction of sp³-hybridized carbons (Fsp3) is 0.120. The lowest BCUT2D eigenvalue weighted by molar-refractivity contribution is -0.114. The number of ether oxygens (including phenoxy) is 2. The average Bonchev–Trinajstić information content (AvgIpc) is 3.11. The molecule has 0 bridgehead atoms. The molecule has 0 radical (unpaired) electrons. The molecule has 0 fully saturated rings. The SMILES string of the molecule is COc1cc(C=C2C(=O)N(c3ccc(Br)cc3)N=C2C)c(Br)c(Br)c1OCc1ccccc1Cl. The van der Waals surface area contributed by atoms with Crippen LogP contribution < -0.4 is 14.5 Å². The Labute approximate surface area is 227 Å². The molecule has 1 aliphatic rings. The Hall–Kier alpha value is -2.13. The van der Waals surface area contributed by atoms with E-state index in [-0.39, 0.29) is 12.5 Å². The fourth-order valence-electron chi connectivity index (χ4n) is 3.36. The molecule has 3 aromatic rings. The van der Waals surface area contributed by atoms with Gasteiger partial charge in [-0.05, 0) is 86.8 Å². The van der Waals surface area contributed by atoms with Gasteiger partial charge in [0.15, 0.2) is 11.5 Å². The number of methoxy groups -OCH3 is 1. The number of carbonyl (C=O) groups excluding carboxylic acids is 1. The summed E-state index contributed by atoms with van der Waals surface area (Å²) in [6, 6.07) is 16.7. The van der Waals surface area contributed by atoms with Crippen molar-refractivity contribution in [3.63, 3.8) is 0 Å². The summed E-state index contributed by atoms with van der Waals surface area (Å²) in [5.74, 6) is 0.829. The number of hydrogen-bond donors (Lipinski definition) is 0. The van der Waals surface area contributed by atoms with Crippen molar-refractivity contribution in [2.75, 3.05) is 12.1 Å². The summed E-state index contributed by atoms with van der Waals surface area (Å²) in [5, 5.41) is 6.48. The Morgan fingerprint density at radius 3 is 2.44 bits per heavy atom. The van der Waals surface area contributed by atoms with E-state index in [1.807, 2.05) is 61.5 Å². The molecule has 0 aromatic heterocycles. The molecule has 3 aromatic carbocycles. The Balaban J connectivity index is 1.65. The Morgan fingerprint density at radius 1 is 1.06 bits per heavy atom. The first-order chi connectivity index (χ1) is 16.3. The van der Waals surface area contributed by atoms with E-state index in [1.165, 1.54) is 5.01 Å². The molecule has 4 rings (SSSR count). The molecular formula is C25H18Br3ClN2O3. The zero-order valence-electron chi connectivity index (χ0n) is 18.1. The van der Waals surface area contributed by atoms with E-state index in [2.05, 4.69) is 52.9 Å². The highest BCUT2D eigenvalue weighted by atomic mass is 79.9. The third-order valence-electron chi connectivity index (χ3n) is 5.14. The normalized spacial score (nSPS) is 14.5. The monoisotopic (exact) mass is 666 g/mol. The van der Waals surface area contributed by atoms with E-state index in [0.29, 0.717) is 38.0 Å². The van der Waals surface area contributed by atoms with Gasteiger partial charge in [-0.3, -0.25) is 4.79 Å². The predicted octanol–water partition coefficient (Wildman–Crippen LogP) is 8.02. The minimum atomic E-state index is -0.208. The van der Waals surface area contributed by atoms with Crippen molar-refractivity contribution in [3.05, 3.63) is 89.7 Å². The molecule has 0 saturated heterocycles. The van der Waals surface area contributed by atoms with Crippen LogP contribution in [0.3, 0.4) is 0 Å². The summed E-state index contributed by atoms with van der Waals surface area (Å²) in [5.41, 5.74) is 3.40. The van der Waals surface area contributed by atoms with Crippen LogP contribution >= 0.6 is 59.4 Å². The molecule has 0 N–H and O–H groups in total. The Kier molecular flexibility index (Phi) is 7.82. The second kappa shape index (κ2) is 10.6. The first kappa shape index (κ1) is 25.0. The summed E-state index contributed by atoms with van der Waals surface area (Å²) in [6.07, 6.45) is 1.79. The molecule has 34 heavy (non-hydrogen) atoms. The molecule has 0 aliphatic carbocycles. The highest BCUT2D eigenvalue weighted by molar-refractivity contribution is 9.13. The quantitative estimate of drug-likeness (QED) is 0.250. The van der Waals surface area contributed by atoms with Gasteiger partial charge in [0, 0.05) is 19.5 Å². The summed E-state index contributed by atoms with van der Waals surface area (Å²) in [4.78, 5) is 13.2. The zero-order valence-corrected chi connectivity index (χ0v) is 23.6. The molecule has 1 amide bonds. The van der Waals surface area contributed by atoms with Crippen molar-refractivity contribution in [2.45, 2.75) is 13.5 Å². The second-order valence-corrected chi connectivity index (χ2v) is 10.3.